The molecule has 0 saturated heterocycles. The minimum atomic E-state index is 0.275. The van der Waals surface area contributed by atoms with Crippen molar-refractivity contribution in [2.45, 2.75) is 59.2 Å². The maximum absolute atomic E-state index is 5.83. The number of methoxy groups -OCH3 is 1. The van der Waals surface area contributed by atoms with E-state index in [1.54, 1.807) is 7.11 Å². The molecule has 128 valence electrons. The second-order valence-electron chi connectivity index (χ2n) is 6.82. The van der Waals surface area contributed by atoms with Gasteiger partial charge in [0.05, 0.1) is 6.10 Å². The van der Waals surface area contributed by atoms with E-state index in [2.05, 4.69) is 39.8 Å². The summed E-state index contributed by atoms with van der Waals surface area (Å²) in [5.74, 6) is 2.40. The van der Waals surface area contributed by atoms with Crippen molar-refractivity contribution in [1.29, 1.82) is 0 Å². The Hall–Kier alpha value is -1.48. The molecule has 0 amide bonds. The molecule has 0 aliphatic carbocycles. The summed E-state index contributed by atoms with van der Waals surface area (Å²) < 4.78 is 17.1. The van der Waals surface area contributed by atoms with E-state index in [1.807, 2.05) is 12.1 Å². The van der Waals surface area contributed by atoms with Gasteiger partial charge in [-0.2, -0.15) is 0 Å². The summed E-state index contributed by atoms with van der Waals surface area (Å²) in [5.41, 5.74) is 2.62. The van der Waals surface area contributed by atoms with Gasteiger partial charge in [0.1, 0.15) is 24.2 Å². The summed E-state index contributed by atoms with van der Waals surface area (Å²) in [6.07, 6.45) is 5.85. The van der Waals surface area contributed by atoms with Crippen molar-refractivity contribution >= 4 is 0 Å². The van der Waals surface area contributed by atoms with Crippen molar-refractivity contribution in [1.82, 2.24) is 0 Å². The lowest BCUT2D eigenvalue weighted by molar-refractivity contribution is 0.0584. The Kier molecular flexibility index (Phi) is 6.52. The van der Waals surface area contributed by atoms with Crippen LogP contribution in [0, 0.1) is 5.92 Å². The van der Waals surface area contributed by atoms with Crippen LogP contribution in [-0.4, -0.2) is 25.9 Å². The van der Waals surface area contributed by atoms with Crippen LogP contribution in [0.5, 0.6) is 11.5 Å². The van der Waals surface area contributed by atoms with Crippen LogP contribution in [0.1, 0.15) is 46.1 Å². The second-order valence-corrected chi connectivity index (χ2v) is 6.82. The van der Waals surface area contributed by atoms with E-state index in [0.29, 0.717) is 18.6 Å². The van der Waals surface area contributed by atoms with E-state index in [9.17, 15) is 0 Å². The highest BCUT2D eigenvalue weighted by Gasteiger charge is 2.19. The molecule has 0 N–H and O–H groups in total. The number of hydrogen-bond donors (Lipinski definition) is 0. The van der Waals surface area contributed by atoms with Crippen LogP contribution in [0.4, 0.5) is 0 Å². The number of ether oxygens (including phenoxy) is 3. The van der Waals surface area contributed by atoms with Crippen LogP contribution in [-0.2, 0) is 11.2 Å². The van der Waals surface area contributed by atoms with Crippen molar-refractivity contribution in [3.8, 4) is 11.5 Å². The zero-order chi connectivity index (χ0) is 16.8. The molecule has 2 rings (SSSR count). The molecule has 0 radical (unpaired) electrons. The largest absolute Gasteiger partial charge is 0.490 e. The van der Waals surface area contributed by atoms with Crippen molar-refractivity contribution in [2.75, 3.05) is 13.7 Å². The van der Waals surface area contributed by atoms with Gasteiger partial charge in [0.2, 0.25) is 0 Å². The van der Waals surface area contributed by atoms with E-state index in [1.165, 1.54) is 11.1 Å². The minimum absolute atomic E-state index is 0.275. The van der Waals surface area contributed by atoms with Gasteiger partial charge in [-0.05, 0) is 50.3 Å². The molecule has 23 heavy (non-hydrogen) atoms. The van der Waals surface area contributed by atoms with Crippen molar-refractivity contribution < 1.29 is 14.2 Å². The highest BCUT2D eigenvalue weighted by Crippen LogP contribution is 2.32. The van der Waals surface area contributed by atoms with Gasteiger partial charge in [0.25, 0.3) is 0 Å². The van der Waals surface area contributed by atoms with Gasteiger partial charge in [0, 0.05) is 19.6 Å². The standard InChI is InChI=1S/C20H30O3/c1-14(2)19(21-5)9-6-15(3)10-11-22-18-8-7-17-12-16(4)23-20(17)13-18/h7-8,10,13-14,16,19H,6,9,11-12H2,1-5H3/b15-10+. The Balaban J connectivity index is 1.79. The molecule has 0 bridgehead atoms. The normalized spacial score (nSPS) is 18.7. The Morgan fingerprint density at radius 2 is 2.17 bits per heavy atom. The summed E-state index contributed by atoms with van der Waals surface area (Å²) in [6, 6.07) is 6.14. The monoisotopic (exact) mass is 318 g/mol. The third kappa shape index (κ3) is 5.28. The van der Waals surface area contributed by atoms with Gasteiger partial charge in [0.15, 0.2) is 0 Å². The molecule has 0 fully saturated rings. The van der Waals surface area contributed by atoms with E-state index in [4.69, 9.17) is 14.2 Å². The smallest absolute Gasteiger partial charge is 0.126 e. The third-order valence-electron chi connectivity index (χ3n) is 4.43. The predicted molar refractivity (Wildman–Crippen MR) is 94.4 cm³/mol. The summed E-state index contributed by atoms with van der Waals surface area (Å²) in [6.45, 7) is 9.25. The van der Waals surface area contributed by atoms with E-state index < -0.39 is 0 Å². The van der Waals surface area contributed by atoms with Gasteiger partial charge in [-0.25, -0.2) is 0 Å². The van der Waals surface area contributed by atoms with Crippen molar-refractivity contribution in [3.05, 3.63) is 35.4 Å². The molecule has 0 spiro atoms. The van der Waals surface area contributed by atoms with Gasteiger partial charge in [-0.15, -0.1) is 0 Å². The van der Waals surface area contributed by atoms with E-state index in [0.717, 1.165) is 30.8 Å². The van der Waals surface area contributed by atoms with E-state index >= 15 is 0 Å². The Morgan fingerprint density at radius 1 is 1.39 bits per heavy atom. The molecule has 0 aromatic heterocycles. The fourth-order valence-corrected chi connectivity index (χ4v) is 2.95. The van der Waals surface area contributed by atoms with Gasteiger partial charge in [-0.1, -0.05) is 25.5 Å². The average Bonchev–Trinajstić information content (AvgIpc) is 2.87. The average molecular weight is 318 g/mol. The first-order valence-electron chi connectivity index (χ1n) is 8.60. The molecule has 2 unspecified atom stereocenters. The van der Waals surface area contributed by atoms with Crippen molar-refractivity contribution in [3.63, 3.8) is 0 Å². The van der Waals surface area contributed by atoms with Crippen LogP contribution in [0.15, 0.2) is 29.8 Å². The van der Waals surface area contributed by atoms with Crippen LogP contribution in [0.2, 0.25) is 0 Å². The first kappa shape index (κ1) is 17.9. The quantitative estimate of drug-likeness (QED) is 0.645. The number of fused-ring (bicyclic) bond motifs is 1. The van der Waals surface area contributed by atoms with Crippen LogP contribution >= 0.6 is 0 Å². The fraction of sp³-hybridized carbons (Fsp3) is 0.600. The van der Waals surface area contributed by atoms with Crippen molar-refractivity contribution in [2.24, 2.45) is 5.92 Å². The lowest BCUT2D eigenvalue weighted by atomic mass is 10.00. The Morgan fingerprint density at radius 3 is 2.87 bits per heavy atom. The lowest BCUT2D eigenvalue weighted by Crippen LogP contribution is -2.17. The molecule has 0 saturated carbocycles. The second kappa shape index (κ2) is 8.39. The highest BCUT2D eigenvalue weighted by atomic mass is 16.5. The molecule has 1 aromatic rings. The summed E-state index contributed by atoms with van der Waals surface area (Å²) in [5, 5.41) is 0. The molecule has 1 aromatic carbocycles. The molecule has 1 aliphatic rings. The number of rotatable bonds is 8. The zero-order valence-electron chi connectivity index (χ0n) is 15.1. The summed E-state index contributed by atoms with van der Waals surface area (Å²) in [7, 11) is 1.80. The maximum atomic E-state index is 5.83. The van der Waals surface area contributed by atoms with E-state index in [-0.39, 0.29) is 6.10 Å². The van der Waals surface area contributed by atoms with Crippen LogP contribution in [0.25, 0.3) is 0 Å². The minimum Gasteiger partial charge on any atom is -0.490 e. The highest BCUT2D eigenvalue weighted by molar-refractivity contribution is 5.43. The molecular formula is C20H30O3. The zero-order valence-corrected chi connectivity index (χ0v) is 15.1. The number of benzene rings is 1. The van der Waals surface area contributed by atoms with Gasteiger partial charge >= 0.3 is 0 Å². The first-order valence-corrected chi connectivity index (χ1v) is 8.60. The lowest BCUT2D eigenvalue weighted by Gasteiger charge is -2.19. The van der Waals surface area contributed by atoms with Crippen LogP contribution < -0.4 is 9.47 Å². The fourth-order valence-electron chi connectivity index (χ4n) is 2.95. The van der Waals surface area contributed by atoms with Gasteiger partial charge in [-0.3, -0.25) is 0 Å². The molecule has 3 nitrogen and oxygen atoms in total. The predicted octanol–water partition coefficient (Wildman–Crippen LogP) is 4.79. The molecule has 3 heteroatoms. The molecular weight excluding hydrogens is 288 g/mol. The number of allylic oxidation sites excluding steroid dienone is 1. The SMILES string of the molecule is COC(CC/C(C)=C/COc1ccc2c(c1)OC(C)C2)C(C)C. The number of hydrogen-bond acceptors (Lipinski definition) is 3. The third-order valence-corrected chi connectivity index (χ3v) is 4.43. The first-order chi connectivity index (χ1) is 11.0. The molecule has 1 heterocycles. The Labute approximate surface area is 140 Å². The maximum Gasteiger partial charge on any atom is 0.126 e. The molecule has 1 aliphatic heterocycles. The topological polar surface area (TPSA) is 27.7 Å². The van der Waals surface area contributed by atoms with Gasteiger partial charge < -0.3 is 14.2 Å². The Bertz CT molecular complexity index is 534. The van der Waals surface area contributed by atoms with Crippen LogP contribution in [0.3, 0.4) is 0 Å². The molecule has 2 atom stereocenters. The summed E-state index contributed by atoms with van der Waals surface area (Å²) >= 11 is 0. The summed E-state index contributed by atoms with van der Waals surface area (Å²) in [4.78, 5) is 0.